The summed E-state index contributed by atoms with van der Waals surface area (Å²) in [4.78, 5) is 30.9. The molecule has 26 heavy (non-hydrogen) atoms. The molecular weight excluding hydrogens is 333 g/mol. The molecule has 1 unspecified atom stereocenters. The normalized spacial score (nSPS) is 18.8. The van der Waals surface area contributed by atoms with Crippen LogP contribution in [0.1, 0.15) is 22.8 Å². The number of amides is 2. The molecule has 134 valence electrons. The summed E-state index contributed by atoms with van der Waals surface area (Å²) in [7, 11) is 3.25. The maximum absolute atomic E-state index is 14.2. The summed E-state index contributed by atoms with van der Waals surface area (Å²) in [6, 6.07) is 3.79. The zero-order valence-corrected chi connectivity index (χ0v) is 15.0. The Morgan fingerprint density at radius 1 is 1.35 bits per heavy atom. The molecule has 5 nitrogen and oxygen atoms in total. The summed E-state index contributed by atoms with van der Waals surface area (Å²) in [5, 5.41) is 0. The van der Waals surface area contributed by atoms with Gasteiger partial charge in [-0.15, -0.1) is 0 Å². The molecule has 1 N–H and O–H groups in total. The predicted octanol–water partition coefficient (Wildman–Crippen LogP) is 0.747. The molecule has 6 heteroatoms. The van der Waals surface area contributed by atoms with Crippen LogP contribution in [0.5, 0.6) is 0 Å². The van der Waals surface area contributed by atoms with Gasteiger partial charge >= 0.3 is 0 Å². The Morgan fingerprint density at radius 2 is 2.12 bits per heavy atom. The maximum atomic E-state index is 14.2. The number of fused-ring (bicyclic) bond motifs is 1. The van der Waals surface area contributed by atoms with E-state index in [2.05, 4.69) is 4.99 Å². The van der Waals surface area contributed by atoms with Crippen molar-refractivity contribution in [3.05, 3.63) is 65.1 Å². The number of carbonyl (C=O) groups is 2. The molecule has 0 saturated carbocycles. The van der Waals surface area contributed by atoms with Crippen molar-refractivity contribution >= 4 is 23.6 Å². The molecule has 1 aromatic carbocycles. The standard InChI is InChI=1S/C20H20FN3O2/c1-4-5-8-24-12-17(16-6-7-22-18(16)20(24)26)13-9-14(11-15(21)10-13)19(25)23(2)3/h4-7,9-12,18H,8H2,1-3H3/p+1/b5-4+. The average molecular weight is 354 g/mol. The fraction of sp³-hybridized carbons (Fsp3) is 0.250. The fourth-order valence-electron chi connectivity index (χ4n) is 3.06. The highest BCUT2D eigenvalue weighted by atomic mass is 19.1. The second-order valence-electron chi connectivity index (χ2n) is 6.42. The molecule has 0 spiro atoms. The second kappa shape index (κ2) is 7.07. The molecule has 1 aromatic rings. The van der Waals surface area contributed by atoms with Crippen LogP contribution in [0.3, 0.4) is 0 Å². The Kier molecular flexibility index (Phi) is 4.84. The van der Waals surface area contributed by atoms with Crippen LogP contribution in [-0.2, 0) is 4.79 Å². The highest BCUT2D eigenvalue weighted by molar-refractivity contribution is 6.02. The molecule has 2 heterocycles. The summed E-state index contributed by atoms with van der Waals surface area (Å²) in [6.45, 7) is 2.32. The van der Waals surface area contributed by atoms with Gasteiger partial charge in [0.05, 0.1) is 0 Å². The van der Waals surface area contributed by atoms with Crippen LogP contribution in [0, 0.1) is 5.82 Å². The number of rotatable bonds is 4. The van der Waals surface area contributed by atoms with E-state index < -0.39 is 11.9 Å². The van der Waals surface area contributed by atoms with Gasteiger partial charge in [-0.05, 0) is 30.7 Å². The molecule has 2 aliphatic heterocycles. The molecule has 3 rings (SSSR count). The number of nitrogens with zero attached hydrogens (tertiary/aromatic N) is 2. The van der Waals surface area contributed by atoms with Crippen molar-refractivity contribution in [2.45, 2.75) is 13.0 Å². The van der Waals surface area contributed by atoms with Gasteiger partial charge in [-0.3, -0.25) is 9.59 Å². The van der Waals surface area contributed by atoms with Crippen molar-refractivity contribution < 1.29 is 19.0 Å². The van der Waals surface area contributed by atoms with Crippen molar-refractivity contribution in [1.82, 2.24) is 9.80 Å². The van der Waals surface area contributed by atoms with E-state index >= 15 is 0 Å². The van der Waals surface area contributed by atoms with Crippen molar-refractivity contribution in [3.8, 4) is 0 Å². The Hall–Kier alpha value is -3.02. The minimum atomic E-state index is -0.489. The van der Waals surface area contributed by atoms with Crippen molar-refractivity contribution in [2.75, 3.05) is 20.6 Å². The molecule has 0 aliphatic carbocycles. The van der Waals surface area contributed by atoms with Crippen molar-refractivity contribution in [3.63, 3.8) is 0 Å². The summed E-state index contributed by atoms with van der Waals surface area (Å²) in [5.41, 5.74) is 2.35. The monoisotopic (exact) mass is 354 g/mol. The van der Waals surface area contributed by atoms with Gasteiger partial charge in [0.2, 0.25) is 0 Å². The van der Waals surface area contributed by atoms with Gasteiger partial charge in [0, 0.05) is 49.6 Å². The Balaban J connectivity index is 2.08. The van der Waals surface area contributed by atoms with Crippen LogP contribution in [0.25, 0.3) is 5.57 Å². The third-order valence-electron chi connectivity index (χ3n) is 4.36. The average Bonchev–Trinajstić information content (AvgIpc) is 3.10. The number of nitrogens with one attached hydrogen (secondary N) is 1. The minimum absolute atomic E-state index is 0.0622. The number of allylic oxidation sites excluding steroid dienone is 2. The van der Waals surface area contributed by atoms with Crippen molar-refractivity contribution in [1.29, 1.82) is 0 Å². The SMILES string of the molecule is C/C=C/CN1C=C(c2cc(F)cc(C(=O)N(C)C)c2)C2=CC=[NH+]C2C1=O. The second-order valence-corrected chi connectivity index (χ2v) is 6.42. The van der Waals surface area contributed by atoms with E-state index in [1.54, 1.807) is 37.5 Å². The Bertz CT molecular complexity index is 881. The van der Waals surface area contributed by atoms with E-state index in [1.807, 2.05) is 25.2 Å². The summed E-state index contributed by atoms with van der Waals surface area (Å²) in [6.07, 6.45) is 9.02. The van der Waals surface area contributed by atoms with Gasteiger partial charge in [0.1, 0.15) is 5.82 Å². The molecular formula is C20H21FN3O2+. The zero-order valence-electron chi connectivity index (χ0n) is 15.0. The largest absolute Gasteiger partial charge is 0.345 e. The van der Waals surface area contributed by atoms with Gasteiger partial charge in [-0.25, -0.2) is 9.38 Å². The third-order valence-corrected chi connectivity index (χ3v) is 4.36. The van der Waals surface area contributed by atoms with Gasteiger partial charge in [0.25, 0.3) is 17.9 Å². The van der Waals surface area contributed by atoms with Crippen LogP contribution < -0.4 is 4.99 Å². The predicted molar refractivity (Wildman–Crippen MR) is 97.8 cm³/mol. The Labute approximate surface area is 151 Å². The number of halogens is 1. The van der Waals surface area contributed by atoms with E-state index in [-0.39, 0.29) is 17.4 Å². The van der Waals surface area contributed by atoms with Crippen LogP contribution >= 0.6 is 0 Å². The van der Waals surface area contributed by atoms with Crippen molar-refractivity contribution in [2.24, 2.45) is 0 Å². The Morgan fingerprint density at radius 3 is 2.81 bits per heavy atom. The first-order chi connectivity index (χ1) is 12.4. The molecule has 0 aromatic heterocycles. The smallest absolute Gasteiger partial charge is 0.300 e. The number of benzene rings is 1. The van der Waals surface area contributed by atoms with Gasteiger partial charge < -0.3 is 9.80 Å². The first-order valence-electron chi connectivity index (χ1n) is 8.38. The van der Waals surface area contributed by atoms with E-state index in [0.717, 1.165) is 11.1 Å². The van der Waals surface area contributed by atoms with Crippen LogP contribution in [0.4, 0.5) is 4.39 Å². The molecule has 2 aliphatic rings. The highest BCUT2D eigenvalue weighted by Gasteiger charge is 2.39. The van der Waals surface area contributed by atoms with Crippen LogP contribution in [-0.4, -0.2) is 54.5 Å². The summed E-state index contributed by atoms with van der Waals surface area (Å²) >= 11 is 0. The first-order valence-corrected chi connectivity index (χ1v) is 8.38. The zero-order chi connectivity index (χ0) is 18.8. The molecule has 0 radical (unpaired) electrons. The molecule has 0 saturated heterocycles. The van der Waals surface area contributed by atoms with E-state index in [0.29, 0.717) is 12.1 Å². The van der Waals surface area contributed by atoms with E-state index in [4.69, 9.17) is 0 Å². The fourth-order valence-corrected chi connectivity index (χ4v) is 3.06. The van der Waals surface area contributed by atoms with E-state index in [9.17, 15) is 14.0 Å². The summed E-state index contributed by atoms with van der Waals surface area (Å²) < 4.78 is 14.2. The lowest BCUT2D eigenvalue weighted by Gasteiger charge is -2.26. The van der Waals surface area contributed by atoms with Gasteiger partial charge in [-0.2, -0.15) is 0 Å². The summed E-state index contributed by atoms with van der Waals surface area (Å²) in [5.74, 6) is -0.823. The number of hydrogen-bond acceptors (Lipinski definition) is 2. The maximum Gasteiger partial charge on any atom is 0.300 e. The lowest BCUT2D eigenvalue weighted by atomic mass is 9.90. The molecule has 1 atom stereocenters. The molecule has 2 amide bonds. The molecule has 0 bridgehead atoms. The lowest BCUT2D eigenvalue weighted by molar-refractivity contribution is -0.467. The topological polar surface area (TPSA) is 54.6 Å². The van der Waals surface area contributed by atoms with Gasteiger partial charge in [-0.1, -0.05) is 12.2 Å². The van der Waals surface area contributed by atoms with Gasteiger partial charge in [0.15, 0.2) is 6.21 Å². The number of hydrogen-bond donors (Lipinski definition) is 1. The lowest BCUT2D eigenvalue weighted by Crippen LogP contribution is -2.79. The third kappa shape index (κ3) is 3.22. The van der Waals surface area contributed by atoms with Crippen LogP contribution in [0.2, 0.25) is 0 Å². The minimum Gasteiger partial charge on any atom is -0.345 e. The number of carbonyl (C=O) groups excluding carboxylic acids is 2. The quantitative estimate of drug-likeness (QED) is 0.812. The highest BCUT2D eigenvalue weighted by Crippen LogP contribution is 2.31. The van der Waals surface area contributed by atoms with E-state index in [1.165, 1.54) is 17.0 Å². The first kappa shape index (κ1) is 17.8. The van der Waals surface area contributed by atoms with Crippen LogP contribution in [0.15, 0.2) is 48.2 Å². The molecule has 0 fully saturated rings.